The molecule has 26 heavy (non-hydrogen) atoms. The monoisotopic (exact) mass is 383 g/mol. The molecule has 6 heteroatoms. The Hall–Kier alpha value is -2.50. The molecule has 0 spiro atoms. The van der Waals surface area contributed by atoms with Gasteiger partial charge in [-0.25, -0.2) is 0 Å². The third kappa shape index (κ3) is 4.56. The average molecular weight is 384 g/mol. The van der Waals surface area contributed by atoms with E-state index >= 15 is 0 Å². The van der Waals surface area contributed by atoms with Gasteiger partial charge in [0.15, 0.2) is 5.01 Å². The van der Waals surface area contributed by atoms with Crippen LogP contribution in [0.25, 0.3) is 11.1 Å². The fourth-order valence-electron chi connectivity index (χ4n) is 2.33. The third-order valence-corrected chi connectivity index (χ3v) is 5.30. The maximum absolute atomic E-state index is 12.2. The first-order chi connectivity index (χ1) is 12.5. The standard InChI is InChI=1S/C20H18ClN3OS/c1-13-8-9-16(10-14(13)2)11-17(21)19-23-24-20(26-19)18(25)22-12-15-6-4-3-5-7-15/h3-11H,12H2,1-2H3,(H,22,25)/b17-11-. The number of hydrogen-bond acceptors (Lipinski definition) is 4. The summed E-state index contributed by atoms with van der Waals surface area (Å²) >= 11 is 7.54. The van der Waals surface area contributed by atoms with Crippen LogP contribution < -0.4 is 5.32 Å². The zero-order chi connectivity index (χ0) is 18.5. The molecule has 3 aromatic rings. The molecule has 0 bridgehead atoms. The molecule has 1 amide bonds. The maximum Gasteiger partial charge on any atom is 0.282 e. The molecule has 0 saturated heterocycles. The number of carbonyl (C=O) groups is 1. The van der Waals surface area contributed by atoms with Crippen molar-refractivity contribution in [2.45, 2.75) is 20.4 Å². The summed E-state index contributed by atoms with van der Waals surface area (Å²) in [6.45, 7) is 4.57. The molecule has 3 rings (SSSR count). The van der Waals surface area contributed by atoms with Gasteiger partial charge >= 0.3 is 0 Å². The number of carbonyl (C=O) groups excluding carboxylic acids is 1. The first kappa shape index (κ1) is 18.3. The minimum absolute atomic E-state index is 0.256. The largest absolute Gasteiger partial charge is 0.346 e. The second-order valence-electron chi connectivity index (χ2n) is 5.92. The van der Waals surface area contributed by atoms with E-state index in [1.165, 1.54) is 22.5 Å². The Morgan fingerprint density at radius 3 is 2.54 bits per heavy atom. The lowest BCUT2D eigenvalue weighted by Gasteiger charge is -2.02. The lowest BCUT2D eigenvalue weighted by Crippen LogP contribution is -2.22. The van der Waals surface area contributed by atoms with E-state index in [0.717, 1.165) is 11.1 Å². The van der Waals surface area contributed by atoms with Crippen molar-refractivity contribution in [1.82, 2.24) is 15.5 Å². The number of nitrogens with zero attached hydrogens (tertiary/aromatic N) is 2. The Morgan fingerprint density at radius 1 is 1.08 bits per heavy atom. The normalized spacial score (nSPS) is 11.4. The SMILES string of the molecule is Cc1ccc(/C=C(\Cl)c2nnc(C(=O)NCc3ccccc3)s2)cc1C. The van der Waals surface area contributed by atoms with E-state index in [2.05, 4.69) is 35.4 Å². The van der Waals surface area contributed by atoms with Crippen LogP contribution >= 0.6 is 22.9 Å². The van der Waals surface area contributed by atoms with Crippen LogP contribution in [-0.4, -0.2) is 16.1 Å². The van der Waals surface area contributed by atoms with E-state index in [-0.39, 0.29) is 5.91 Å². The van der Waals surface area contributed by atoms with Crippen LogP contribution in [0, 0.1) is 13.8 Å². The first-order valence-electron chi connectivity index (χ1n) is 8.13. The molecule has 0 unspecified atom stereocenters. The molecular weight excluding hydrogens is 366 g/mol. The minimum Gasteiger partial charge on any atom is -0.346 e. The Kier molecular flexibility index (Phi) is 5.81. The van der Waals surface area contributed by atoms with Gasteiger partial charge < -0.3 is 5.32 Å². The Morgan fingerprint density at radius 2 is 1.81 bits per heavy atom. The van der Waals surface area contributed by atoms with Crippen molar-refractivity contribution in [1.29, 1.82) is 0 Å². The summed E-state index contributed by atoms with van der Waals surface area (Å²) in [7, 11) is 0. The summed E-state index contributed by atoms with van der Waals surface area (Å²) in [5.74, 6) is -0.256. The van der Waals surface area contributed by atoms with E-state index in [1.807, 2.05) is 48.5 Å². The van der Waals surface area contributed by atoms with Gasteiger partial charge in [-0.3, -0.25) is 4.79 Å². The molecule has 132 valence electrons. The highest BCUT2D eigenvalue weighted by atomic mass is 35.5. The zero-order valence-corrected chi connectivity index (χ0v) is 16.1. The van der Waals surface area contributed by atoms with E-state index in [1.54, 1.807) is 0 Å². The molecule has 2 aromatic carbocycles. The number of halogens is 1. The highest BCUT2D eigenvalue weighted by molar-refractivity contribution is 7.15. The smallest absolute Gasteiger partial charge is 0.282 e. The summed E-state index contributed by atoms with van der Waals surface area (Å²) in [4.78, 5) is 12.2. The van der Waals surface area contributed by atoms with E-state index in [0.29, 0.717) is 21.6 Å². The summed E-state index contributed by atoms with van der Waals surface area (Å²) < 4.78 is 0. The molecular formula is C20H18ClN3OS. The number of aryl methyl sites for hydroxylation is 2. The fourth-order valence-corrected chi connectivity index (χ4v) is 3.28. The number of benzene rings is 2. The van der Waals surface area contributed by atoms with Crippen molar-refractivity contribution < 1.29 is 4.79 Å². The van der Waals surface area contributed by atoms with Crippen LogP contribution in [0.1, 0.15) is 37.1 Å². The van der Waals surface area contributed by atoms with Crippen LogP contribution in [0.5, 0.6) is 0 Å². The van der Waals surface area contributed by atoms with Crippen molar-refractivity contribution in [2.24, 2.45) is 0 Å². The number of nitrogens with one attached hydrogen (secondary N) is 1. The van der Waals surface area contributed by atoms with E-state index < -0.39 is 0 Å². The number of amides is 1. The molecule has 0 fully saturated rings. The Balaban J connectivity index is 1.69. The van der Waals surface area contributed by atoms with Crippen LogP contribution in [-0.2, 0) is 6.54 Å². The van der Waals surface area contributed by atoms with Gasteiger partial charge in [-0.1, -0.05) is 71.5 Å². The van der Waals surface area contributed by atoms with Crippen LogP contribution in [0.3, 0.4) is 0 Å². The Bertz CT molecular complexity index is 951. The predicted octanol–water partition coefficient (Wildman–Crippen LogP) is 4.82. The highest BCUT2D eigenvalue weighted by Crippen LogP contribution is 2.26. The van der Waals surface area contributed by atoms with Gasteiger partial charge in [0.2, 0.25) is 5.01 Å². The topological polar surface area (TPSA) is 54.9 Å². The van der Waals surface area contributed by atoms with Gasteiger partial charge in [0, 0.05) is 6.54 Å². The molecule has 1 heterocycles. The molecule has 4 nitrogen and oxygen atoms in total. The second-order valence-corrected chi connectivity index (χ2v) is 7.30. The summed E-state index contributed by atoms with van der Waals surface area (Å²) in [6.07, 6.45) is 1.83. The zero-order valence-electron chi connectivity index (χ0n) is 14.5. The summed E-state index contributed by atoms with van der Waals surface area (Å²) in [6, 6.07) is 15.8. The molecule has 1 N–H and O–H groups in total. The molecule has 0 aliphatic rings. The fraction of sp³-hybridized carbons (Fsp3) is 0.150. The van der Waals surface area contributed by atoms with E-state index in [9.17, 15) is 4.79 Å². The number of rotatable bonds is 5. The molecule has 0 radical (unpaired) electrons. The van der Waals surface area contributed by atoms with Gasteiger partial charge in [0.25, 0.3) is 5.91 Å². The van der Waals surface area contributed by atoms with Crippen molar-refractivity contribution in [3.05, 3.63) is 80.8 Å². The second kappa shape index (κ2) is 8.25. The minimum atomic E-state index is -0.256. The third-order valence-electron chi connectivity index (χ3n) is 3.94. The highest BCUT2D eigenvalue weighted by Gasteiger charge is 2.14. The maximum atomic E-state index is 12.2. The summed E-state index contributed by atoms with van der Waals surface area (Å²) in [5, 5.41) is 12.1. The first-order valence-corrected chi connectivity index (χ1v) is 9.33. The van der Waals surface area contributed by atoms with Crippen molar-refractivity contribution in [3.63, 3.8) is 0 Å². The van der Waals surface area contributed by atoms with Gasteiger partial charge in [-0.15, -0.1) is 10.2 Å². The van der Waals surface area contributed by atoms with Crippen LogP contribution in [0.15, 0.2) is 48.5 Å². The van der Waals surface area contributed by atoms with Gasteiger partial charge in [0.1, 0.15) is 0 Å². The van der Waals surface area contributed by atoms with Gasteiger partial charge in [0.05, 0.1) is 5.03 Å². The predicted molar refractivity (Wildman–Crippen MR) is 107 cm³/mol. The van der Waals surface area contributed by atoms with Crippen LogP contribution in [0.2, 0.25) is 0 Å². The molecule has 0 saturated carbocycles. The lowest BCUT2D eigenvalue weighted by atomic mass is 10.1. The number of hydrogen-bond donors (Lipinski definition) is 1. The molecule has 1 aromatic heterocycles. The lowest BCUT2D eigenvalue weighted by molar-refractivity contribution is 0.0950. The number of aromatic nitrogens is 2. The Labute approximate surface area is 161 Å². The molecule has 0 atom stereocenters. The van der Waals surface area contributed by atoms with Crippen molar-refractivity contribution in [3.8, 4) is 0 Å². The average Bonchev–Trinajstić information content (AvgIpc) is 3.14. The van der Waals surface area contributed by atoms with Crippen molar-refractivity contribution >= 4 is 40.0 Å². The van der Waals surface area contributed by atoms with Crippen molar-refractivity contribution in [2.75, 3.05) is 0 Å². The van der Waals surface area contributed by atoms with E-state index in [4.69, 9.17) is 11.6 Å². The quantitative estimate of drug-likeness (QED) is 0.687. The molecule has 0 aliphatic heterocycles. The van der Waals surface area contributed by atoms with Gasteiger partial charge in [-0.05, 0) is 42.2 Å². The van der Waals surface area contributed by atoms with Gasteiger partial charge in [-0.2, -0.15) is 0 Å². The van der Waals surface area contributed by atoms with Crippen LogP contribution in [0.4, 0.5) is 0 Å². The molecule has 0 aliphatic carbocycles. The summed E-state index contributed by atoms with van der Waals surface area (Å²) in [5.41, 5.74) is 4.44.